The Bertz CT molecular complexity index is 579. The van der Waals surface area contributed by atoms with E-state index in [1.807, 2.05) is 6.07 Å². The van der Waals surface area contributed by atoms with Crippen molar-refractivity contribution in [1.29, 1.82) is 0 Å². The quantitative estimate of drug-likeness (QED) is 0.832. The topological polar surface area (TPSA) is 71.2 Å². The van der Waals surface area contributed by atoms with Gasteiger partial charge in [-0.3, -0.25) is 4.90 Å². The van der Waals surface area contributed by atoms with E-state index >= 15 is 0 Å². The van der Waals surface area contributed by atoms with Crippen molar-refractivity contribution in [3.05, 3.63) is 30.2 Å². The molecule has 1 aliphatic heterocycles. The number of aryl methyl sites for hydroxylation is 1. The van der Waals surface area contributed by atoms with Crippen LogP contribution < -0.4 is 4.90 Å². The van der Waals surface area contributed by atoms with Crippen molar-refractivity contribution in [2.75, 3.05) is 31.1 Å². The Morgan fingerprint density at radius 2 is 1.91 bits per heavy atom. The molecule has 0 spiro atoms. The minimum absolute atomic E-state index is 0.150. The van der Waals surface area contributed by atoms with Crippen molar-refractivity contribution < 1.29 is 4.52 Å². The van der Waals surface area contributed by atoms with Crippen LogP contribution in [0.5, 0.6) is 0 Å². The van der Waals surface area contributed by atoms with E-state index in [1.54, 1.807) is 12.4 Å². The Morgan fingerprint density at radius 3 is 2.59 bits per heavy atom. The third-order valence-electron chi connectivity index (χ3n) is 4.01. The van der Waals surface area contributed by atoms with Gasteiger partial charge in [-0.2, -0.15) is 4.98 Å². The molecule has 118 valence electrons. The van der Waals surface area contributed by atoms with Crippen LogP contribution >= 0.6 is 0 Å². The lowest BCUT2D eigenvalue weighted by molar-refractivity contribution is 0.163. The van der Waals surface area contributed by atoms with E-state index in [9.17, 15) is 0 Å². The van der Waals surface area contributed by atoms with Crippen molar-refractivity contribution in [2.24, 2.45) is 0 Å². The van der Waals surface area contributed by atoms with Crippen LogP contribution in [0.3, 0.4) is 0 Å². The third-order valence-corrected chi connectivity index (χ3v) is 4.01. The van der Waals surface area contributed by atoms with E-state index in [4.69, 9.17) is 4.52 Å². The molecule has 1 saturated heterocycles. The molecular weight excluding hydrogens is 280 g/mol. The second kappa shape index (κ2) is 6.83. The van der Waals surface area contributed by atoms with Gasteiger partial charge in [0.1, 0.15) is 0 Å². The molecule has 0 aromatic carbocycles. The van der Waals surface area contributed by atoms with Crippen LogP contribution in [0.2, 0.25) is 0 Å². The highest BCUT2D eigenvalue weighted by atomic mass is 16.5. The zero-order chi connectivity index (χ0) is 15.4. The second-order valence-electron chi connectivity index (χ2n) is 5.55. The summed E-state index contributed by atoms with van der Waals surface area (Å²) in [5.74, 6) is 2.33. The molecule has 0 bridgehead atoms. The van der Waals surface area contributed by atoms with Crippen LogP contribution in [0, 0.1) is 0 Å². The first-order valence-corrected chi connectivity index (χ1v) is 7.86. The number of piperazine rings is 1. The first-order valence-electron chi connectivity index (χ1n) is 7.86. The second-order valence-corrected chi connectivity index (χ2v) is 5.55. The molecule has 22 heavy (non-hydrogen) atoms. The van der Waals surface area contributed by atoms with Gasteiger partial charge in [-0.15, -0.1) is 0 Å². The summed E-state index contributed by atoms with van der Waals surface area (Å²) in [4.78, 5) is 17.7. The zero-order valence-electron chi connectivity index (χ0n) is 13.1. The van der Waals surface area contributed by atoms with Crippen LogP contribution in [-0.2, 0) is 6.42 Å². The molecule has 1 atom stereocenters. The SMILES string of the molecule is CCCc1noc([C@@H](C)N2CCN(c3ncccn3)CC2)n1. The lowest BCUT2D eigenvalue weighted by Crippen LogP contribution is -2.47. The van der Waals surface area contributed by atoms with Gasteiger partial charge < -0.3 is 9.42 Å². The highest BCUT2D eigenvalue weighted by molar-refractivity contribution is 5.29. The fourth-order valence-electron chi connectivity index (χ4n) is 2.68. The zero-order valence-corrected chi connectivity index (χ0v) is 13.1. The summed E-state index contributed by atoms with van der Waals surface area (Å²) < 4.78 is 5.40. The Kier molecular flexibility index (Phi) is 4.62. The Balaban J connectivity index is 1.58. The van der Waals surface area contributed by atoms with E-state index in [-0.39, 0.29) is 6.04 Å². The summed E-state index contributed by atoms with van der Waals surface area (Å²) in [6.45, 7) is 7.92. The summed E-state index contributed by atoms with van der Waals surface area (Å²) >= 11 is 0. The van der Waals surface area contributed by atoms with Crippen molar-refractivity contribution in [3.63, 3.8) is 0 Å². The molecule has 3 rings (SSSR count). The maximum absolute atomic E-state index is 5.40. The van der Waals surface area contributed by atoms with Gasteiger partial charge >= 0.3 is 0 Å². The van der Waals surface area contributed by atoms with E-state index in [0.717, 1.165) is 50.8 Å². The van der Waals surface area contributed by atoms with Crippen LogP contribution in [0.25, 0.3) is 0 Å². The highest BCUT2D eigenvalue weighted by Crippen LogP contribution is 2.21. The van der Waals surface area contributed by atoms with Gasteiger partial charge in [-0.05, 0) is 19.4 Å². The number of aromatic nitrogens is 4. The lowest BCUT2D eigenvalue weighted by Gasteiger charge is -2.36. The smallest absolute Gasteiger partial charge is 0.243 e. The molecule has 1 aliphatic rings. The normalized spacial score (nSPS) is 17.6. The number of rotatable bonds is 5. The molecule has 0 radical (unpaired) electrons. The van der Waals surface area contributed by atoms with Gasteiger partial charge in [0.2, 0.25) is 11.8 Å². The van der Waals surface area contributed by atoms with Crippen LogP contribution in [0.15, 0.2) is 23.0 Å². The van der Waals surface area contributed by atoms with E-state index in [1.165, 1.54) is 0 Å². The first kappa shape index (κ1) is 14.9. The maximum atomic E-state index is 5.40. The minimum Gasteiger partial charge on any atom is -0.338 e. The molecule has 0 aliphatic carbocycles. The van der Waals surface area contributed by atoms with Crippen LogP contribution in [0.4, 0.5) is 5.95 Å². The largest absolute Gasteiger partial charge is 0.338 e. The van der Waals surface area contributed by atoms with Gasteiger partial charge in [-0.25, -0.2) is 9.97 Å². The van der Waals surface area contributed by atoms with Crippen molar-refractivity contribution in [2.45, 2.75) is 32.7 Å². The number of hydrogen-bond donors (Lipinski definition) is 0. The van der Waals surface area contributed by atoms with Gasteiger partial charge in [-0.1, -0.05) is 12.1 Å². The molecule has 2 aromatic rings. The molecule has 0 N–H and O–H groups in total. The Morgan fingerprint density at radius 1 is 1.18 bits per heavy atom. The van der Waals surface area contributed by atoms with Crippen molar-refractivity contribution in [1.82, 2.24) is 25.0 Å². The standard InChI is InChI=1S/C15H22N6O/c1-3-5-13-18-14(22-19-13)12(2)20-8-10-21(11-9-20)15-16-6-4-7-17-15/h4,6-7,12H,3,5,8-11H2,1-2H3/t12-/m1/s1. The molecule has 0 saturated carbocycles. The number of nitrogens with zero attached hydrogens (tertiary/aromatic N) is 6. The van der Waals surface area contributed by atoms with Gasteiger partial charge in [0.05, 0.1) is 6.04 Å². The van der Waals surface area contributed by atoms with Crippen molar-refractivity contribution >= 4 is 5.95 Å². The van der Waals surface area contributed by atoms with E-state index in [2.05, 4.69) is 43.8 Å². The van der Waals surface area contributed by atoms with E-state index < -0.39 is 0 Å². The molecule has 1 fully saturated rings. The van der Waals surface area contributed by atoms with E-state index in [0.29, 0.717) is 5.89 Å². The van der Waals surface area contributed by atoms with Gasteiger partial charge in [0.15, 0.2) is 5.82 Å². The number of anilines is 1. The van der Waals surface area contributed by atoms with Gasteiger partial charge in [0, 0.05) is 45.0 Å². The predicted molar refractivity (Wildman–Crippen MR) is 82.5 cm³/mol. The Hall–Kier alpha value is -2.02. The summed E-state index contributed by atoms with van der Waals surface area (Å²) in [5, 5.41) is 4.04. The average molecular weight is 302 g/mol. The van der Waals surface area contributed by atoms with Crippen molar-refractivity contribution in [3.8, 4) is 0 Å². The summed E-state index contributed by atoms with van der Waals surface area (Å²) in [7, 11) is 0. The monoisotopic (exact) mass is 302 g/mol. The predicted octanol–water partition coefficient (Wildman–Crippen LogP) is 1.70. The third kappa shape index (κ3) is 3.24. The van der Waals surface area contributed by atoms with Crippen LogP contribution in [-0.4, -0.2) is 51.2 Å². The minimum atomic E-state index is 0.150. The first-order chi connectivity index (χ1) is 10.8. The Labute approximate surface area is 130 Å². The van der Waals surface area contributed by atoms with Crippen LogP contribution in [0.1, 0.15) is 38.0 Å². The number of hydrogen-bond acceptors (Lipinski definition) is 7. The molecular formula is C15H22N6O. The lowest BCUT2D eigenvalue weighted by atomic mass is 10.2. The molecule has 0 unspecified atom stereocenters. The highest BCUT2D eigenvalue weighted by Gasteiger charge is 2.26. The maximum Gasteiger partial charge on any atom is 0.243 e. The fraction of sp³-hybridized carbons (Fsp3) is 0.600. The molecule has 3 heterocycles. The molecule has 2 aromatic heterocycles. The molecule has 7 heteroatoms. The fourth-order valence-corrected chi connectivity index (χ4v) is 2.68. The summed E-state index contributed by atoms with van der Waals surface area (Å²) in [6, 6.07) is 1.99. The summed E-state index contributed by atoms with van der Waals surface area (Å²) in [6.07, 6.45) is 5.47. The summed E-state index contributed by atoms with van der Waals surface area (Å²) in [5.41, 5.74) is 0. The molecule has 0 amide bonds. The van der Waals surface area contributed by atoms with Gasteiger partial charge in [0.25, 0.3) is 0 Å². The molecule has 7 nitrogen and oxygen atoms in total. The average Bonchev–Trinajstić information content (AvgIpc) is 3.04.